The number of ether oxygens (including phenoxy) is 1. The first-order valence-electron chi connectivity index (χ1n) is 10.3. The number of carboxylic acid groups (broad SMARTS) is 1. The molecular weight excluding hydrogens is 436 g/mol. The Morgan fingerprint density at radius 3 is 2.38 bits per heavy atom. The van der Waals surface area contributed by atoms with E-state index in [9.17, 15) is 19.2 Å². The minimum atomic E-state index is -1.37. The predicted octanol–water partition coefficient (Wildman–Crippen LogP) is 1.90. The minimum absolute atomic E-state index is 0.0955. The van der Waals surface area contributed by atoms with Crippen molar-refractivity contribution in [2.24, 2.45) is 11.7 Å². The van der Waals surface area contributed by atoms with Crippen LogP contribution < -0.4 is 21.7 Å². The first-order valence-corrected chi connectivity index (χ1v) is 11.4. The van der Waals surface area contributed by atoms with Crippen LogP contribution in [0.25, 0.3) is 0 Å². The highest BCUT2D eigenvalue weighted by atomic mass is 32.2. The molecule has 0 aliphatic carbocycles. The van der Waals surface area contributed by atoms with Gasteiger partial charge in [0.05, 0.1) is 6.54 Å². The monoisotopic (exact) mass is 468 g/mol. The third kappa shape index (κ3) is 12.2. The highest BCUT2D eigenvalue weighted by Gasteiger charge is 2.21. The van der Waals surface area contributed by atoms with Gasteiger partial charge in [-0.3, -0.25) is 14.4 Å². The Labute approximate surface area is 192 Å². The number of anilines is 1. The normalized spacial score (nSPS) is 11.5. The van der Waals surface area contributed by atoms with E-state index in [1.54, 1.807) is 24.3 Å². The van der Waals surface area contributed by atoms with E-state index in [1.165, 1.54) is 11.8 Å². The summed E-state index contributed by atoms with van der Waals surface area (Å²) in [5.41, 5.74) is 6.62. The second kappa shape index (κ2) is 15.1. The second-order valence-corrected chi connectivity index (χ2v) is 8.64. The molecule has 32 heavy (non-hydrogen) atoms. The van der Waals surface area contributed by atoms with Crippen molar-refractivity contribution in [3.63, 3.8) is 0 Å². The maximum atomic E-state index is 12.7. The largest absolute Gasteiger partial charge is 0.506 e. The van der Waals surface area contributed by atoms with Gasteiger partial charge in [0.25, 0.3) is 5.91 Å². The Bertz CT molecular complexity index is 757. The fourth-order valence-electron chi connectivity index (χ4n) is 2.49. The predicted molar refractivity (Wildman–Crippen MR) is 123 cm³/mol. The topological polar surface area (TPSA) is 160 Å². The molecular formula is C21H32N4O6S. The van der Waals surface area contributed by atoms with E-state index in [4.69, 9.17) is 10.8 Å². The van der Waals surface area contributed by atoms with Crippen molar-refractivity contribution in [2.45, 2.75) is 45.1 Å². The number of carbonyl (C=O) groups is 4. The SMILES string of the molecule is CC(C)CC(=O)NCC(=O)NC(SCCCCN)C(=O)Nc1ccc(COC(=O)O)cc1. The summed E-state index contributed by atoms with van der Waals surface area (Å²) in [5.74, 6) is -0.301. The molecule has 1 unspecified atom stereocenters. The van der Waals surface area contributed by atoms with Crippen molar-refractivity contribution in [1.29, 1.82) is 0 Å². The molecule has 0 radical (unpaired) electrons. The standard InChI is InChI=1S/C21H32N4O6S/c1-14(2)11-17(26)23-12-18(27)25-20(32-10-4-3-9-22)19(28)24-16-7-5-15(6-8-16)13-31-21(29)30/h5-8,14,20H,3-4,9-13,22H2,1-2H3,(H,23,26)(H,24,28)(H,25,27)(H,29,30). The molecule has 1 atom stereocenters. The Hall–Kier alpha value is -2.79. The summed E-state index contributed by atoms with van der Waals surface area (Å²) in [6, 6.07) is 6.49. The lowest BCUT2D eigenvalue weighted by molar-refractivity contribution is -0.127. The van der Waals surface area contributed by atoms with Crippen LogP contribution in [0, 0.1) is 5.92 Å². The quantitative estimate of drug-likeness (QED) is 0.157. The fourth-order valence-corrected chi connectivity index (χ4v) is 3.52. The summed E-state index contributed by atoms with van der Waals surface area (Å²) in [7, 11) is 0. The van der Waals surface area contributed by atoms with Gasteiger partial charge in [0.2, 0.25) is 11.8 Å². The summed E-state index contributed by atoms with van der Waals surface area (Å²) >= 11 is 1.28. The molecule has 0 spiro atoms. The smallest absolute Gasteiger partial charge is 0.450 e. The van der Waals surface area contributed by atoms with Crippen molar-refractivity contribution >= 4 is 41.3 Å². The molecule has 0 aromatic heterocycles. The molecule has 0 saturated heterocycles. The summed E-state index contributed by atoms with van der Waals surface area (Å²) in [5, 5.41) is 15.6. The molecule has 0 bridgehead atoms. The molecule has 0 aliphatic heterocycles. The van der Waals surface area contributed by atoms with Crippen molar-refractivity contribution in [2.75, 3.05) is 24.2 Å². The Kier molecular flexibility index (Phi) is 12.8. The van der Waals surface area contributed by atoms with Crippen LogP contribution in [0.1, 0.15) is 38.7 Å². The van der Waals surface area contributed by atoms with Crippen LogP contribution in [0.2, 0.25) is 0 Å². The van der Waals surface area contributed by atoms with Gasteiger partial charge in [0, 0.05) is 12.1 Å². The molecule has 178 valence electrons. The van der Waals surface area contributed by atoms with E-state index in [1.807, 2.05) is 13.8 Å². The van der Waals surface area contributed by atoms with Crippen LogP contribution in [0.15, 0.2) is 24.3 Å². The average Bonchev–Trinajstić information content (AvgIpc) is 2.73. The van der Waals surface area contributed by atoms with Gasteiger partial charge in [0.15, 0.2) is 5.37 Å². The Morgan fingerprint density at radius 1 is 1.09 bits per heavy atom. The molecule has 0 aliphatic rings. The van der Waals surface area contributed by atoms with Crippen LogP contribution in [0.5, 0.6) is 0 Å². The van der Waals surface area contributed by atoms with E-state index in [2.05, 4.69) is 20.7 Å². The van der Waals surface area contributed by atoms with E-state index >= 15 is 0 Å². The number of unbranched alkanes of at least 4 members (excludes halogenated alkanes) is 1. The molecule has 1 rings (SSSR count). The Morgan fingerprint density at radius 2 is 1.78 bits per heavy atom. The van der Waals surface area contributed by atoms with Crippen LogP contribution in [0.3, 0.4) is 0 Å². The lowest BCUT2D eigenvalue weighted by Gasteiger charge is -2.18. The number of nitrogens with one attached hydrogen (secondary N) is 3. The number of rotatable bonds is 14. The summed E-state index contributed by atoms with van der Waals surface area (Å²) in [4.78, 5) is 47.2. The zero-order valence-corrected chi connectivity index (χ0v) is 19.2. The highest BCUT2D eigenvalue weighted by molar-refractivity contribution is 8.00. The van der Waals surface area contributed by atoms with Crippen molar-refractivity contribution in [1.82, 2.24) is 10.6 Å². The molecule has 0 fully saturated rings. The lowest BCUT2D eigenvalue weighted by Crippen LogP contribution is -2.46. The van der Waals surface area contributed by atoms with Gasteiger partial charge in [-0.15, -0.1) is 11.8 Å². The third-order valence-corrected chi connectivity index (χ3v) is 5.23. The second-order valence-electron chi connectivity index (χ2n) is 7.43. The minimum Gasteiger partial charge on any atom is -0.450 e. The average molecular weight is 469 g/mol. The number of benzene rings is 1. The van der Waals surface area contributed by atoms with Gasteiger partial charge < -0.3 is 31.5 Å². The van der Waals surface area contributed by atoms with Gasteiger partial charge in [-0.1, -0.05) is 26.0 Å². The zero-order chi connectivity index (χ0) is 23.9. The van der Waals surface area contributed by atoms with Gasteiger partial charge >= 0.3 is 6.16 Å². The van der Waals surface area contributed by atoms with Gasteiger partial charge in [0.1, 0.15) is 6.61 Å². The highest BCUT2D eigenvalue weighted by Crippen LogP contribution is 2.16. The number of carbonyl (C=O) groups excluding carboxylic acids is 3. The van der Waals surface area contributed by atoms with Crippen molar-refractivity contribution < 1.29 is 29.0 Å². The first-order chi connectivity index (χ1) is 15.2. The Balaban J connectivity index is 2.66. The van der Waals surface area contributed by atoms with Crippen LogP contribution >= 0.6 is 11.8 Å². The van der Waals surface area contributed by atoms with Gasteiger partial charge in [-0.2, -0.15) is 0 Å². The summed E-state index contributed by atoms with van der Waals surface area (Å²) < 4.78 is 4.50. The van der Waals surface area contributed by atoms with Crippen LogP contribution in [-0.2, 0) is 25.7 Å². The third-order valence-electron chi connectivity index (χ3n) is 4.04. The number of amides is 3. The van der Waals surface area contributed by atoms with Gasteiger partial charge in [-0.05, 0) is 48.8 Å². The first kappa shape index (κ1) is 27.2. The summed E-state index contributed by atoms with van der Waals surface area (Å²) in [6.07, 6.45) is 0.552. The van der Waals surface area contributed by atoms with Crippen molar-refractivity contribution in [3.05, 3.63) is 29.8 Å². The molecule has 1 aromatic rings. The number of hydrogen-bond donors (Lipinski definition) is 5. The van der Waals surface area contributed by atoms with Crippen LogP contribution in [0.4, 0.5) is 10.5 Å². The molecule has 6 N–H and O–H groups in total. The van der Waals surface area contributed by atoms with E-state index in [0.29, 0.717) is 30.0 Å². The van der Waals surface area contributed by atoms with E-state index in [0.717, 1.165) is 12.8 Å². The molecule has 0 heterocycles. The molecule has 0 saturated carbocycles. The van der Waals surface area contributed by atoms with Gasteiger partial charge in [-0.25, -0.2) is 4.79 Å². The molecule has 10 nitrogen and oxygen atoms in total. The molecule has 1 aromatic carbocycles. The fraction of sp³-hybridized carbons (Fsp3) is 0.524. The number of hydrogen-bond acceptors (Lipinski definition) is 7. The maximum absolute atomic E-state index is 12.7. The number of nitrogens with two attached hydrogens (primary N) is 1. The van der Waals surface area contributed by atoms with Crippen molar-refractivity contribution in [3.8, 4) is 0 Å². The van der Waals surface area contributed by atoms with E-state index < -0.39 is 23.3 Å². The lowest BCUT2D eigenvalue weighted by atomic mass is 10.1. The number of thioether (sulfide) groups is 1. The molecule has 3 amide bonds. The summed E-state index contributed by atoms with van der Waals surface area (Å²) in [6.45, 7) is 4.05. The maximum Gasteiger partial charge on any atom is 0.506 e. The van der Waals surface area contributed by atoms with E-state index in [-0.39, 0.29) is 25.0 Å². The van der Waals surface area contributed by atoms with Crippen LogP contribution in [-0.4, -0.2) is 53.2 Å². The molecule has 11 heteroatoms. The zero-order valence-electron chi connectivity index (χ0n) is 18.4.